The van der Waals surface area contributed by atoms with Crippen LogP contribution in [0.25, 0.3) is 0 Å². The molecule has 2 unspecified atom stereocenters. The Balaban J connectivity index is 1.99. The first kappa shape index (κ1) is 9.57. The van der Waals surface area contributed by atoms with Gasteiger partial charge in [-0.15, -0.1) is 0 Å². The number of rotatable bonds is 4. The molecule has 0 heterocycles. The van der Waals surface area contributed by atoms with Crippen LogP contribution in [-0.2, 0) is 0 Å². The Kier molecular flexibility index (Phi) is 4.51. The summed E-state index contributed by atoms with van der Waals surface area (Å²) in [6, 6.07) is 0. The highest BCUT2D eigenvalue weighted by atomic mass is 79.9. The largest absolute Gasteiger partial charge is 0.0891 e. The molecule has 1 aliphatic carbocycles. The summed E-state index contributed by atoms with van der Waals surface area (Å²) < 4.78 is 0. The molecule has 0 aromatic heterocycles. The van der Waals surface area contributed by atoms with Gasteiger partial charge in [-0.05, 0) is 25.2 Å². The monoisotopic (exact) mass is 218 g/mol. The van der Waals surface area contributed by atoms with Gasteiger partial charge in [0.05, 0.1) is 0 Å². The normalized spacial score (nSPS) is 31.1. The van der Waals surface area contributed by atoms with Crippen LogP contribution in [0.2, 0.25) is 0 Å². The molecule has 1 aliphatic rings. The molecule has 0 saturated heterocycles. The van der Waals surface area contributed by atoms with Gasteiger partial charge in [0.2, 0.25) is 0 Å². The van der Waals surface area contributed by atoms with E-state index in [4.69, 9.17) is 0 Å². The number of alkyl halides is 1. The lowest BCUT2D eigenvalue weighted by atomic mass is 10.0. The number of halogens is 1. The maximum absolute atomic E-state index is 3.69. The van der Waals surface area contributed by atoms with Crippen molar-refractivity contribution in [2.24, 2.45) is 5.92 Å². The van der Waals surface area contributed by atoms with Gasteiger partial charge in [0.1, 0.15) is 0 Å². The molecule has 1 fully saturated rings. The highest BCUT2D eigenvalue weighted by molar-refractivity contribution is 9.09. The summed E-state index contributed by atoms with van der Waals surface area (Å²) in [5.74, 6) is 1.05. The van der Waals surface area contributed by atoms with E-state index in [1.807, 2.05) is 0 Å². The minimum Gasteiger partial charge on any atom is -0.0891 e. The van der Waals surface area contributed by atoms with Crippen LogP contribution >= 0.6 is 15.9 Å². The van der Waals surface area contributed by atoms with Crippen molar-refractivity contribution in [1.82, 2.24) is 0 Å². The minimum absolute atomic E-state index is 0.842. The summed E-state index contributed by atoms with van der Waals surface area (Å²) in [5.41, 5.74) is 0. The molecule has 2 atom stereocenters. The van der Waals surface area contributed by atoms with Gasteiger partial charge in [-0.3, -0.25) is 0 Å². The summed E-state index contributed by atoms with van der Waals surface area (Å²) in [4.78, 5) is 0.842. The fraction of sp³-hybridized carbons (Fsp3) is 1.00. The lowest BCUT2D eigenvalue weighted by Gasteiger charge is -2.07. The maximum Gasteiger partial charge on any atom is 0.0148 e. The van der Waals surface area contributed by atoms with Crippen LogP contribution in [0.5, 0.6) is 0 Å². The number of unbranched alkanes of at least 4 members (excludes halogenated alkanes) is 2. The van der Waals surface area contributed by atoms with Crippen LogP contribution in [0.15, 0.2) is 0 Å². The van der Waals surface area contributed by atoms with Crippen LogP contribution in [0.3, 0.4) is 0 Å². The Bertz CT molecular complexity index is 101. The van der Waals surface area contributed by atoms with E-state index in [1.165, 1.54) is 44.9 Å². The van der Waals surface area contributed by atoms with Gasteiger partial charge in [-0.25, -0.2) is 0 Å². The molecule has 0 aliphatic heterocycles. The van der Waals surface area contributed by atoms with Crippen molar-refractivity contribution in [3.63, 3.8) is 0 Å². The first-order valence-electron chi connectivity index (χ1n) is 4.97. The summed E-state index contributed by atoms with van der Waals surface area (Å²) in [5, 5.41) is 0. The van der Waals surface area contributed by atoms with Gasteiger partial charge in [0, 0.05) is 4.83 Å². The van der Waals surface area contributed by atoms with Gasteiger partial charge in [0.25, 0.3) is 0 Å². The van der Waals surface area contributed by atoms with E-state index in [2.05, 4.69) is 22.9 Å². The zero-order valence-electron chi connectivity index (χ0n) is 7.48. The molecule has 0 radical (unpaired) electrons. The Hall–Kier alpha value is 0.480. The lowest BCUT2D eigenvalue weighted by Crippen LogP contribution is -1.94. The average Bonchev–Trinajstić information content (AvgIpc) is 2.37. The Morgan fingerprint density at radius 3 is 2.64 bits per heavy atom. The van der Waals surface area contributed by atoms with Crippen molar-refractivity contribution in [3.05, 3.63) is 0 Å². The highest BCUT2D eigenvalue weighted by Gasteiger charge is 2.21. The van der Waals surface area contributed by atoms with Crippen molar-refractivity contribution in [2.75, 3.05) is 0 Å². The van der Waals surface area contributed by atoms with Gasteiger partial charge < -0.3 is 0 Å². The molecule has 1 saturated carbocycles. The van der Waals surface area contributed by atoms with E-state index in [-0.39, 0.29) is 0 Å². The minimum atomic E-state index is 0.842. The predicted molar refractivity (Wildman–Crippen MR) is 54.2 cm³/mol. The van der Waals surface area contributed by atoms with Crippen molar-refractivity contribution in [3.8, 4) is 0 Å². The number of hydrogen-bond acceptors (Lipinski definition) is 0. The second-order valence-electron chi connectivity index (χ2n) is 3.77. The fourth-order valence-corrected chi connectivity index (χ4v) is 2.75. The molecule has 0 aromatic carbocycles. The van der Waals surface area contributed by atoms with E-state index >= 15 is 0 Å². The molecule has 11 heavy (non-hydrogen) atoms. The van der Waals surface area contributed by atoms with Crippen LogP contribution < -0.4 is 0 Å². The molecule has 0 amide bonds. The molecule has 0 nitrogen and oxygen atoms in total. The molecule has 0 bridgehead atoms. The highest BCUT2D eigenvalue weighted by Crippen LogP contribution is 2.33. The van der Waals surface area contributed by atoms with Crippen molar-refractivity contribution in [1.29, 1.82) is 0 Å². The van der Waals surface area contributed by atoms with Crippen LogP contribution in [-0.4, -0.2) is 4.83 Å². The molecular formula is C10H19Br. The fourth-order valence-electron chi connectivity index (χ4n) is 1.96. The summed E-state index contributed by atoms with van der Waals surface area (Å²) in [6.07, 6.45) is 10.1. The molecule has 0 aromatic rings. The molecule has 1 heteroatoms. The lowest BCUT2D eigenvalue weighted by molar-refractivity contribution is 0.473. The third-order valence-electron chi connectivity index (χ3n) is 2.69. The molecule has 1 rings (SSSR count). The van der Waals surface area contributed by atoms with Gasteiger partial charge in [-0.1, -0.05) is 48.5 Å². The molecular weight excluding hydrogens is 200 g/mol. The maximum atomic E-state index is 3.69. The van der Waals surface area contributed by atoms with E-state index in [9.17, 15) is 0 Å². The summed E-state index contributed by atoms with van der Waals surface area (Å²) in [7, 11) is 0. The summed E-state index contributed by atoms with van der Waals surface area (Å²) in [6.45, 7) is 2.28. The average molecular weight is 219 g/mol. The second-order valence-corrected chi connectivity index (χ2v) is 5.07. The van der Waals surface area contributed by atoms with Gasteiger partial charge in [0.15, 0.2) is 0 Å². The quantitative estimate of drug-likeness (QED) is 0.492. The molecule has 0 N–H and O–H groups in total. The Labute approximate surface area is 78.9 Å². The molecule has 0 spiro atoms. The van der Waals surface area contributed by atoms with Crippen molar-refractivity contribution < 1.29 is 0 Å². The smallest absolute Gasteiger partial charge is 0.0148 e. The van der Waals surface area contributed by atoms with Gasteiger partial charge >= 0.3 is 0 Å². The molecule has 66 valence electrons. The zero-order chi connectivity index (χ0) is 8.10. The topological polar surface area (TPSA) is 0 Å². The van der Waals surface area contributed by atoms with Crippen LogP contribution in [0, 0.1) is 5.92 Å². The van der Waals surface area contributed by atoms with Crippen LogP contribution in [0.4, 0.5) is 0 Å². The second kappa shape index (κ2) is 5.18. The SMILES string of the molecule is CCCCCC1CCC(Br)C1. The van der Waals surface area contributed by atoms with Crippen molar-refractivity contribution >= 4 is 15.9 Å². The van der Waals surface area contributed by atoms with E-state index < -0.39 is 0 Å². The van der Waals surface area contributed by atoms with Crippen LogP contribution in [0.1, 0.15) is 51.9 Å². The van der Waals surface area contributed by atoms with E-state index in [0.29, 0.717) is 0 Å². The number of hydrogen-bond donors (Lipinski definition) is 0. The third kappa shape index (κ3) is 3.59. The Morgan fingerprint density at radius 1 is 1.27 bits per heavy atom. The predicted octanol–water partition coefficient (Wildman–Crippen LogP) is 4.13. The van der Waals surface area contributed by atoms with Crippen molar-refractivity contribution in [2.45, 2.75) is 56.7 Å². The summed E-state index contributed by atoms with van der Waals surface area (Å²) >= 11 is 3.69. The van der Waals surface area contributed by atoms with E-state index in [1.54, 1.807) is 0 Å². The van der Waals surface area contributed by atoms with Gasteiger partial charge in [-0.2, -0.15) is 0 Å². The Morgan fingerprint density at radius 2 is 2.09 bits per heavy atom. The standard InChI is InChI=1S/C10H19Br/c1-2-3-4-5-9-6-7-10(11)8-9/h9-10H,2-8H2,1H3. The third-order valence-corrected chi connectivity index (χ3v) is 3.52. The zero-order valence-corrected chi connectivity index (χ0v) is 9.07. The first-order valence-corrected chi connectivity index (χ1v) is 5.88. The first-order chi connectivity index (χ1) is 5.33. The van der Waals surface area contributed by atoms with E-state index in [0.717, 1.165) is 10.7 Å².